The minimum absolute atomic E-state index is 0.279. The third kappa shape index (κ3) is 7.25. The first-order valence-corrected chi connectivity index (χ1v) is 16.1. The van der Waals surface area contributed by atoms with Crippen molar-refractivity contribution in [1.29, 1.82) is 0 Å². The molecule has 0 amide bonds. The Labute approximate surface area is 236 Å². The van der Waals surface area contributed by atoms with Crippen molar-refractivity contribution < 1.29 is 19.3 Å². The Bertz CT molecular complexity index is 735. The highest BCUT2D eigenvalue weighted by Crippen LogP contribution is 2.66. The SMILES string of the molecule is CC.CC.COC(C)(COC1CCC2(C)C(=CCC3C2CCC2(C)C(CCCC(C)(C)O)CCC32)C1)OC. The minimum atomic E-state index is -0.660. The highest BCUT2D eigenvalue weighted by atomic mass is 16.7. The second-order valence-electron chi connectivity index (χ2n) is 13.5. The number of fused-ring (bicyclic) bond motifs is 5. The molecule has 224 valence electrons. The van der Waals surface area contributed by atoms with Gasteiger partial charge in [-0.05, 0) is 119 Å². The van der Waals surface area contributed by atoms with Crippen LogP contribution in [0.15, 0.2) is 11.6 Å². The molecule has 4 aliphatic rings. The summed E-state index contributed by atoms with van der Waals surface area (Å²) in [5, 5.41) is 10.2. The fourth-order valence-electron chi connectivity index (χ4n) is 8.60. The van der Waals surface area contributed by atoms with Crippen LogP contribution in [-0.4, -0.2) is 43.4 Å². The lowest BCUT2D eigenvalue weighted by Crippen LogP contribution is -2.50. The number of rotatable bonds is 9. The van der Waals surface area contributed by atoms with Gasteiger partial charge < -0.3 is 19.3 Å². The molecular formula is C34H64O4. The molecule has 0 radical (unpaired) electrons. The van der Waals surface area contributed by atoms with Crippen LogP contribution in [0.25, 0.3) is 0 Å². The number of allylic oxidation sites excluding steroid dienone is 1. The van der Waals surface area contributed by atoms with E-state index in [1.54, 1.807) is 19.8 Å². The standard InChI is InChI=1S/C30H52O4.2C2H6/c1-27(2,31)16-8-9-21-11-13-25-24-12-10-22-19-23(34-20-30(5,32-6)33-7)14-17-29(22,4)26(24)15-18-28(21,25)3;2*1-2/h10,21,23-26,31H,8-9,11-20H2,1-7H3;2*1-2H3. The van der Waals surface area contributed by atoms with Gasteiger partial charge in [0.1, 0.15) is 6.61 Å². The Balaban J connectivity index is 0.00000121. The van der Waals surface area contributed by atoms with Gasteiger partial charge in [-0.2, -0.15) is 0 Å². The summed E-state index contributed by atoms with van der Waals surface area (Å²) in [6.45, 7) is 19.6. The Kier molecular flexibility index (Phi) is 12.4. The normalized spacial score (nSPS) is 36.4. The Morgan fingerprint density at radius 2 is 1.58 bits per heavy atom. The lowest BCUT2D eigenvalue weighted by atomic mass is 9.47. The second kappa shape index (κ2) is 14.0. The molecule has 4 aliphatic carbocycles. The average Bonchev–Trinajstić information content (AvgIpc) is 3.25. The summed E-state index contributed by atoms with van der Waals surface area (Å²) in [7, 11) is 3.37. The molecule has 7 unspecified atom stereocenters. The number of ether oxygens (including phenoxy) is 3. The van der Waals surface area contributed by atoms with E-state index in [1.165, 1.54) is 51.4 Å². The third-order valence-electron chi connectivity index (χ3n) is 11.0. The molecule has 1 N–H and O–H groups in total. The molecule has 0 heterocycles. The zero-order valence-electron chi connectivity index (χ0n) is 27.1. The van der Waals surface area contributed by atoms with E-state index in [0.717, 1.165) is 42.9 Å². The predicted octanol–water partition coefficient (Wildman–Crippen LogP) is 8.95. The molecular weight excluding hydrogens is 472 g/mol. The van der Waals surface area contributed by atoms with Crippen LogP contribution in [-0.2, 0) is 14.2 Å². The highest BCUT2D eigenvalue weighted by Gasteiger charge is 2.58. The molecule has 38 heavy (non-hydrogen) atoms. The van der Waals surface area contributed by atoms with Crippen molar-refractivity contribution in [3.8, 4) is 0 Å². The largest absolute Gasteiger partial charge is 0.390 e. The van der Waals surface area contributed by atoms with Crippen LogP contribution in [0.5, 0.6) is 0 Å². The third-order valence-corrected chi connectivity index (χ3v) is 11.0. The lowest BCUT2D eigenvalue weighted by molar-refractivity contribution is -0.231. The van der Waals surface area contributed by atoms with Crippen LogP contribution in [0.4, 0.5) is 0 Å². The van der Waals surface area contributed by atoms with Crippen molar-refractivity contribution in [3.63, 3.8) is 0 Å². The molecule has 0 spiro atoms. The van der Waals surface area contributed by atoms with E-state index in [-0.39, 0.29) is 6.10 Å². The van der Waals surface area contributed by atoms with Crippen molar-refractivity contribution >= 4 is 0 Å². The summed E-state index contributed by atoms with van der Waals surface area (Å²) in [4.78, 5) is 0. The van der Waals surface area contributed by atoms with Crippen LogP contribution < -0.4 is 0 Å². The topological polar surface area (TPSA) is 47.9 Å². The molecule has 0 bridgehead atoms. The summed E-state index contributed by atoms with van der Waals surface area (Å²) >= 11 is 0. The van der Waals surface area contributed by atoms with Crippen LogP contribution in [0, 0.1) is 34.5 Å². The van der Waals surface area contributed by atoms with Gasteiger partial charge in [0, 0.05) is 14.2 Å². The highest BCUT2D eigenvalue weighted by molar-refractivity contribution is 5.25. The molecule has 3 saturated carbocycles. The van der Waals surface area contributed by atoms with Crippen molar-refractivity contribution in [2.24, 2.45) is 34.5 Å². The Morgan fingerprint density at radius 1 is 0.921 bits per heavy atom. The van der Waals surface area contributed by atoms with Gasteiger partial charge in [0.2, 0.25) is 0 Å². The molecule has 4 heteroatoms. The summed E-state index contributed by atoms with van der Waals surface area (Å²) in [6, 6.07) is 0. The number of aliphatic hydroxyl groups is 1. The van der Waals surface area contributed by atoms with Gasteiger partial charge in [0.05, 0.1) is 11.7 Å². The zero-order chi connectivity index (χ0) is 28.8. The predicted molar refractivity (Wildman–Crippen MR) is 160 cm³/mol. The first-order valence-electron chi connectivity index (χ1n) is 16.1. The van der Waals surface area contributed by atoms with E-state index >= 15 is 0 Å². The van der Waals surface area contributed by atoms with Gasteiger partial charge in [-0.3, -0.25) is 0 Å². The average molecular weight is 537 g/mol. The quantitative estimate of drug-likeness (QED) is 0.236. The molecule has 7 atom stereocenters. The summed E-state index contributed by atoms with van der Waals surface area (Å²) in [5.41, 5.74) is 2.01. The van der Waals surface area contributed by atoms with Gasteiger partial charge in [-0.1, -0.05) is 59.6 Å². The maximum atomic E-state index is 10.2. The Morgan fingerprint density at radius 3 is 2.18 bits per heavy atom. The first-order chi connectivity index (χ1) is 17.9. The molecule has 0 saturated heterocycles. The number of hydrogen-bond donors (Lipinski definition) is 1. The molecule has 0 aliphatic heterocycles. The Hall–Kier alpha value is -0.420. The fraction of sp³-hybridized carbons (Fsp3) is 0.941. The van der Waals surface area contributed by atoms with E-state index in [2.05, 4.69) is 19.9 Å². The summed E-state index contributed by atoms with van der Waals surface area (Å²) in [5.74, 6) is 2.76. The van der Waals surface area contributed by atoms with Crippen LogP contribution in [0.1, 0.15) is 133 Å². The van der Waals surface area contributed by atoms with Gasteiger partial charge in [-0.25, -0.2) is 0 Å². The molecule has 4 rings (SSSR count). The first kappa shape index (κ1) is 33.8. The second-order valence-corrected chi connectivity index (χ2v) is 13.5. The van der Waals surface area contributed by atoms with E-state index < -0.39 is 11.4 Å². The fourth-order valence-corrected chi connectivity index (χ4v) is 8.60. The molecule has 3 fully saturated rings. The van der Waals surface area contributed by atoms with Crippen LogP contribution in [0.3, 0.4) is 0 Å². The van der Waals surface area contributed by atoms with Gasteiger partial charge in [-0.15, -0.1) is 0 Å². The van der Waals surface area contributed by atoms with E-state index in [4.69, 9.17) is 14.2 Å². The smallest absolute Gasteiger partial charge is 0.188 e. The minimum Gasteiger partial charge on any atom is -0.390 e. The van der Waals surface area contributed by atoms with Gasteiger partial charge in [0.25, 0.3) is 0 Å². The molecule has 4 nitrogen and oxygen atoms in total. The van der Waals surface area contributed by atoms with Crippen molar-refractivity contribution in [2.45, 2.75) is 150 Å². The summed E-state index contributed by atoms with van der Waals surface area (Å²) in [6.07, 6.45) is 16.7. The van der Waals surface area contributed by atoms with Crippen LogP contribution >= 0.6 is 0 Å². The molecule has 0 aromatic carbocycles. The monoisotopic (exact) mass is 536 g/mol. The maximum Gasteiger partial charge on any atom is 0.188 e. The van der Waals surface area contributed by atoms with Crippen molar-refractivity contribution in [1.82, 2.24) is 0 Å². The van der Waals surface area contributed by atoms with Crippen LogP contribution in [0.2, 0.25) is 0 Å². The molecule has 0 aromatic heterocycles. The zero-order valence-corrected chi connectivity index (χ0v) is 27.1. The number of methoxy groups -OCH3 is 2. The molecule has 0 aromatic rings. The van der Waals surface area contributed by atoms with Crippen molar-refractivity contribution in [3.05, 3.63) is 11.6 Å². The van der Waals surface area contributed by atoms with Crippen molar-refractivity contribution in [2.75, 3.05) is 20.8 Å². The van der Waals surface area contributed by atoms with E-state index in [1.807, 2.05) is 48.5 Å². The van der Waals surface area contributed by atoms with E-state index in [9.17, 15) is 5.11 Å². The lowest BCUT2D eigenvalue weighted by Gasteiger charge is -2.58. The van der Waals surface area contributed by atoms with Gasteiger partial charge in [0.15, 0.2) is 5.79 Å². The summed E-state index contributed by atoms with van der Waals surface area (Å²) < 4.78 is 17.3. The number of hydrogen-bond acceptors (Lipinski definition) is 4. The maximum absolute atomic E-state index is 10.2. The van der Waals surface area contributed by atoms with Gasteiger partial charge >= 0.3 is 0 Å². The van der Waals surface area contributed by atoms with E-state index in [0.29, 0.717) is 17.4 Å².